The lowest BCUT2D eigenvalue weighted by Gasteiger charge is -2.18. The fourth-order valence-corrected chi connectivity index (χ4v) is 0.995. The molecule has 4 nitrogen and oxygen atoms in total. The van der Waals surface area contributed by atoms with Crippen molar-refractivity contribution in [2.75, 3.05) is 5.32 Å². The summed E-state index contributed by atoms with van der Waals surface area (Å²) in [6, 6.07) is 5.39. The van der Waals surface area contributed by atoms with E-state index < -0.39 is 5.41 Å². The van der Waals surface area contributed by atoms with Crippen molar-refractivity contribution in [3.63, 3.8) is 0 Å². The minimum Gasteiger partial charge on any atom is -0.325 e. The topological polar surface area (TPSA) is 65.8 Å². The van der Waals surface area contributed by atoms with Crippen molar-refractivity contribution in [3.8, 4) is 6.07 Å². The fraction of sp³-hybridized carbons (Fsp3) is 0.364. The normalized spacial score (nSPS) is 13.7. The summed E-state index contributed by atoms with van der Waals surface area (Å²) in [5.74, 6) is -0.279. The Hall–Kier alpha value is -1.89. The molecule has 1 heterocycles. The summed E-state index contributed by atoms with van der Waals surface area (Å²) in [6.45, 7) is 3.44. The third-order valence-corrected chi connectivity index (χ3v) is 2.39. The number of nitriles is 1. The van der Waals surface area contributed by atoms with Crippen LogP contribution in [0.1, 0.15) is 20.3 Å². The van der Waals surface area contributed by atoms with Gasteiger partial charge in [0.2, 0.25) is 5.91 Å². The van der Waals surface area contributed by atoms with E-state index in [4.69, 9.17) is 5.26 Å². The highest BCUT2D eigenvalue weighted by atomic mass is 16.2. The number of anilines is 1. The first-order valence-electron chi connectivity index (χ1n) is 4.75. The molecule has 1 N–H and O–H groups in total. The number of carbonyl (C=O) groups is 1. The Morgan fingerprint density at radius 1 is 1.60 bits per heavy atom. The van der Waals surface area contributed by atoms with Crippen LogP contribution in [0.5, 0.6) is 0 Å². The van der Waals surface area contributed by atoms with E-state index in [9.17, 15) is 4.79 Å². The van der Waals surface area contributed by atoms with E-state index in [1.807, 2.05) is 13.0 Å². The molecule has 0 spiro atoms. The van der Waals surface area contributed by atoms with Gasteiger partial charge in [-0.1, -0.05) is 6.92 Å². The molecule has 0 aliphatic carbocycles. The number of carbonyl (C=O) groups excluding carboxylic acids is 1. The van der Waals surface area contributed by atoms with Crippen molar-refractivity contribution in [2.45, 2.75) is 20.3 Å². The predicted molar refractivity (Wildman–Crippen MR) is 56.9 cm³/mol. The van der Waals surface area contributed by atoms with E-state index in [2.05, 4.69) is 10.3 Å². The highest BCUT2D eigenvalue weighted by Crippen LogP contribution is 2.21. The molecule has 1 unspecified atom stereocenters. The smallest absolute Gasteiger partial charge is 0.244 e. The van der Waals surface area contributed by atoms with Gasteiger partial charge in [-0.2, -0.15) is 5.26 Å². The maximum absolute atomic E-state index is 11.7. The Balaban J connectivity index is 2.77. The van der Waals surface area contributed by atoms with Crippen molar-refractivity contribution in [2.24, 2.45) is 5.41 Å². The molecular weight excluding hydrogens is 190 g/mol. The van der Waals surface area contributed by atoms with E-state index in [1.54, 1.807) is 31.5 Å². The third-order valence-electron chi connectivity index (χ3n) is 2.39. The van der Waals surface area contributed by atoms with Crippen LogP contribution in [0.2, 0.25) is 0 Å². The molecule has 4 heteroatoms. The van der Waals surface area contributed by atoms with Crippen LogP contribution in [0.3, 0.4) is 0 Å². The molecule has 1 rings (SSSR count). The lowest BCUT2D eigenvalue weighted by molar-refractivity contribution is -0.122. The maximum atomic E-state index is 11.7. The Labute approximate surface area is 88.9 Å². The zero-order chi connectivity index (χ0) is 11.3. The second kappa shape index (κ2) is 4.56. The first kappa shape index (κ1) is 11.2. The number of hydrogen-bond donors (Lipinski definition) is 1. The third kappa shape index (κ3) is 2.53. The van der Waals surface area contributed by atoms with Gasteiger partial charge >= 0.3 is 0 Å². The molecule has 0 aliphatic heterocycles. The second-order valence-electron chi connectivity index (χ2n) is 3.49. The van der Waals surface area contributed by atoms with Gasteiger partial charge in [-0.25, -0.2) is 0 Å². The Morgan fingerprint density at radius 3 is 2.67 bits per heavy atom. The van der Waals surface area contributed by atoms with Gasteiger partial charge in [0, 0.05) is 18.1 Å². The summed E-state index contributed by atoms with van der Waals surface area (Å²) in [6.07, 6.45) is 3.66. The molecule has 15 heavy (non-hydrogen) atoms. The van der Waals surface area contributed by atoms with Crippen LogP contribution in [0.25, 0.3) is 0 Å². The first-order valence-corrected chi connectivity index (χ1v) is 4.75. The van der Waals surface area contributed by atoms with Gasteiger partial charge in [0.25, 0.3) is 0 Å². The van der Waals surface area contributed by atoms with Gasteiger partial charge in [-0.3, -0.25) is 9.78 Å². The quantitative estimate of drug-likeness (QED) is 0.816. The Kier molecular flexibility index (Phi) is 3.40. The molecule has 0 saturated heterocycles. The number of amides is 1. The molecule has 0 saturated carbocycles. The molecule has 0 aliphatic rings. The fourth-order valence-electron chi connectivity index (χ4n) is 0.995. The van der Waals surface area contributed by atoms with Crippen LogP contribution in [-0.2, 0) is 4.79 Å². The SMILES string of the molecule is CCC(C)(C#N)C(=O)Nc1ccncc1. The van der Waals surface area contributed by atoms with Crippen LogP contribution >= 0.6 is 0 Å². The van der Waals surface area contributed by atoms with Gasteiger partial charge in [0.05, 0.1) is 6.07 Å². The molecule has 1 aromatic heterocycles. The highest BCUT2D eigenvalue weighted by molar-refractivity contribution is 5.96. The molecular formula is C11H13N3O. The molecule has 0 bridgehead atoms. The summed E-state index contributed by atoms with van der Waals surface area (Å²) in [7, 11) is 0. The highest BCUT2D eigenvalue weighted by Gasteiger charge is 2.31. The molecule has 0 fully saturated rings. The molecule has 1 amide bonds. The summed E-state index contributed by atoms with van der Waals surface area (Å²) >= 11 is 0. The number of nitrogens with one attached hydrogen (secondary N) is 1. The lowest BCUT2D eigenvalue weighted by Crippen LogP contribution is -2.31. The van der Waals surface area contributed by atoms with Crippen molar-refractivity contribution in [1.29, 1.82) is 5.26 Å². The molecule has 0 radical (unpaired) electrons. The molecule has 78 valence electrons. The summed E-state index contributed by atoms with van der Waals surface area (Å²) in [5, 5.41) is 11.6. The van der Waals surface area contributed by atoms with Gasteiger partial charge in [0.1, 0.15) is 5.41 Å². The van der Waals surface area contributed by atoms with Gasteiger partial charge in [-0.15, -0.1) is 0 Å². The minimum absolute atomic E-state index is 0.279. The minimum atomic E-state index is -0.969. The van der Waals surface area contributed by atoms with Gasteiger partial charge in [0.15, 0.2) is 0 Å². The Morgan fingerprint density at radius 2 is 2.20 bits per heavy atom. The maximum Gasteiger partial charge on any atom is 0.244 e. The molecule has 1 aromatic rings. The summed E-state index contributed by atoms with van der Waals surface area (Å²) < 4.78 is 0. The van der Waals surface area contributed by atoms with Crippen LogP contribution in [0.4, 0.5) is 5.69 Å². The van der Waals surface area contributed by atoms with Crippen molar-refractivity contribution in [1.82, 2.24) is 4.98 Å². The second-order valence-corrected chi connectivity index (χ2v) is 3.49. The van der Waals surface area contributed by atoms with Crippen LogP contribution in [-0.4, -0.2) is 10.9 Å². The van der Waals surface area contributed by atoms with E-state index in [0.29, 0.717) is 12.1 Å². The summed E-state index contributed by atoms with van der Waals surface area (Å²) in [5.41, 5.74) is -0.312. The average Bonchev–Trinajstić information content (AvgIpc) is 2.29. The van der Waals surface area contributed by atoms with E-state index >= 15 is 0 Å². The first-order chi connectivity index (χ1) is 7.12. The average molecular weight is 203 g/mol. The molecule has 1 atom stereocenters. The lowest BCUT2D eigenvalue weighted by atomic mass is 9.88. The van der Waals surface area contributed by atoms with Crippen LogP contribution in [0, 0.1) is 16.7 Å². The van der Waals surface area contributed by atoms with E-state index in [-0.39, 0.29) is 5.91 Å². The Bertz CT molecular complexity index is 383. The van der Waals surface area contributed by atoms with Crippen LogP contribution < -0.4 is 5.32 Å². The van der Waals surface area contributed by atoms with Crippen molar-refractivity contribution < 1.29 is 4.79 Å². The van der Waals surface area contributed by atoms with E-state index in [0.717, 1.165) is 0 Å². The predicted octanol–water partition coefficient (Wildman–Crippen LogP) is 1.96. The zero-order valence-corrected chi connectivity index (χ0v) is 8.82. The number of hydrogen-bond acceptors (Lipinski definition) is 3. The number of pyridine rings is 1. The summed E-state index contributed by atoms with van der Waals surface area (Å²) in [4.78, 5) is 15.6. The number of rotatable bonds is 3. The standard InChI is InChI=1S/C11H13N3O/c1-3-11(2,8-12)10(15)14-9-4-6-13-7-5-9/h4-7H,3H2,1-2H3,(H,13,14,15). The van der Waals surface area contributed by atoms with Gasteiger partial charge in [-0.05, 0) is 25.5 Å². The monoisotopic (exact) mass is 203 g/mol. The van der Waals surface area contributed by atoms with Crippen LogP contribution in [0.15, 0.2) is 24.5 Å². The van der Waals surface area contributed by atoms with Gasteiger partial charge < -0.3 is 5.32 Å². The number of nitrogens with zero attached hydrogens (tertiary/aromatic N) is 2. The number of aromatic nitrogens is 1. The molecule has 0 aromatic carbocycles. The van der Waals surface area contributed by atoms with E-state index in [1.165, 1.54) is 0 Å². The largest absolute Gasteiger partial charge is 0.325 e. The van der Waals surface area contributed by atoms with Crippen molar-refractivity contribution >= 4 is 11.6 Å². The van der Waals surface area contributed by atoms with Crippen molar-refractivity contribution in [3.05, 3.63) is 24.5 Å². The zero-order valence-electron chi connectivity index (χ0n) is 8.82.